The molecule has 56 heavy (non-hydrogen) atoms. The average Bonchev–Trinajstić information content (AvgIpc) is 3.86. The van der Waals surface area contributed by atoms with Gasteiger partial charge in [0, 0.05) is 21.9 Å². The molecule has 0 amide bonds. The van der Waals surface area contributed by atoms with E-state index >= 15 is 0 Å². The molecule has 6 aromatic carbocycles. The number of rotatable bonds is 9. The van der Waals surface area contributed by atoms with Crippen LogP contribution in [0.2, 0.25) is 0 Å². The molecule has 0 radical (unpaired) electrons. The van der Waals surface area contributed by atoms with Gasteiger partial charge in [-0.25, -0.2) is 4.40 Å². The molecule has 0 N–H and O–H groups in total. The number of hydrogen-bond acceptors (Lipinski definition) is 4. The molecule has 0 aliphatic heterocycles. The molecular formula is C50H32N2O2S2. The molecule has 4 heterocycles. The Kier molecular flexibility index (Phi) is 8.63. The largest absolute Gasteiger partial charge is 0.300 e. The van der Waals surface area contributed by atoms with E-state index in [2.05, 4.69) is 109 Å². The molecule has 6 heteroatoms. The number of nitrogens with zero attached hydrogens (tertiary/aromatic N) is 2. The first-order chi connectivity index (χ1) is 27.6. The summed E-state index contributed by atoms with van der Waals surface area (Å²) in [6.07, 6.45) is 4.03. The van der Waals surface area contributed by atoms with Crippen molar-refractivity contribution < 1.29 is 18.4 Å². The summed E-state index contributed by atoms with van der Waals surface area (Å²) in [6.45, 7) is 0. The highest BCUT2D eigenvalue weighted by molar-refractivity contribution is 8.76. The van der Waals surface area contributed by atoms with E-state index in [9.17, 15) is 9.59 Å². The SMILES string of the molecule is O=C(c1ccccc1)c1c[c-](-c2ccccc2SSc2ccccc2-c2c[c-](C(=O)c3ccccc3)[n+]3ccc4ccccc4c23)c2c3ccccc3cc[n+]12. The number of carbonyl (C=O) groups is 2. The number of aromatic nitrogens is 2. The molecule has 10 aromatic rings. The summed E-state index contributed by atoms with van der Waals surface area (Å²) in [4.78, 5) is 30.3. The molecule has 4 aromatic heterocycles. The Balaban J connectivity index is 1.09. The minimum Gasteiger partial charge on any atom is -0.300 e. The first-order valence-electron chi connectivity index (χ1n) is 18.4. The van der Waals surface area contributed by atoms with Crippen LogP contribution >= 0.6 is 21.6 Å². The second-order valence-electron chi connectivity index (χ2n) is 13.7. The van der Waals surface area contributed by atoms with E-state index in [1.165, 1.54) is 0 Å². The normalized spacial score (nSPS) is 11.5. The predicted molar refractivity (Wildman–Crippen MR) is 228 cm³/mol. The first kappa shape index (κ1) is 33.9. The minimum atomic E-state index is -0.0204. The van der Waals surface area contributed by atoms with E-state index in [0.717, 1.165) is 64.6 Å². The smallest absolute Gasteiger partial charge is 0.224 e. The Morgan fingerprint density at radius 3 is 1.88 bits per heavy atom. The van der Waals surface area contributed by atoms with Crippen molar-refractivity contribution in [1.82, 2.24) is 0 Å². The van der Waals surface area contributed by atoms with Crippen LogP contribution in [0.1, 0.15) is 32.1 Å². The third-order valence-electron chi connectivity index (χ3n) is 10.4. The Morgan fingerprint density at radius 1 is 0.500 bits per heavy atom. The fourth-order valence-electron chi connectivity index (χ4n) is 7.78. The van der Waals surface area contributed by atoms with Crippen LogP contribution in [-0.2, 0) is 0 Å². The Morgan fingerprint density at radius 2 is 1.09 bits per heavy atom. The zero-order valence-electron chi connectivity index (χ0n) is 30.0. The van der Waals surface area contributed by atoms with Crippen LogP contribution in [0.3, 0.4) is 0 Å². The lowest BCUT2D eigenvalue weighted by atomic mass is 10.0. The van der Waals surface area contributed by atoms with Gasteiger partial charge in [-0.15, -0.1) is 6.07 Å². The molecule has 0 fully saturated rings. The molecule has 0 aliphatic carbocycles. The molecule has 266 valence electrons. The maximum absolute atomic E-state index is 14.1. The van der Waals surface area contributed by atoms with Crippen molar-refractivity contribution in [2.75, 3.05) is 0 Å². The van der Waals surface area contributed by atoms with Gasteiger partial charge in [0.15, 0.2) is 23.2 Å². The van der Waals surface area contributed by atoms with Gasteiger partial charge in [-0.05, 0) is 67.6 Å². The molecule has 4 nitrogen and oxygen atoms in total. The average molecular weight is 757 g/mol. The van der Waals surface area contributed by atoms with Crippen molar-refractivity contribution in [3.63, 3.8) is 0 Å². The molecule has 0 saturated carbocycles. The van der Waals surface area contributed by atoms with E-state index < -0.39 is 0 Å². The summed E-state index contributed by atoms with van der Waals surface area (Å²) < 4.78 is 4.10. The fourth-order valence-corrected chi connectivity index (χ4v) is 10.2. The second kappa shape index (κ2) is 14.2. The monoisotopic (exact) mass is 756 g/mol. The standard InChI is InChI=1S/C50H32N2O2S2/c53-49(35-17-3-1-4-18-35)43-31-41(47-37-21-9-7-15-33(37)27-29-51(43)47)39-23-11-13-25-45(39)55-56-46-26-14-12-24-40(46)42-32-44(50(54)36-19-5-2-6-20-36)52-30-28-34-16-8-10-22-38(34)48(42)52/h1-32H. The highest BCUT2D eigenvalue weighted by Gasteiger charge is 2.25. The number of fused-ring (bicyclic) bond motifs is 6. The Labute approximate surface area is 331 Å². The first-order valence-corrected chi connectivity index (χ1v) is 20.6. The van der Waals surface area contributed by atoms with Crippen LogP contribution in [0.4, 0.5) is 0 Å². The second-order valence-corrected chi connectivity index (χ2v) is 15.9. The van der Waals surface area contributed by atoms with Crippen LogP contribution in [0.25, 0.3) is 54.8 Å². The highest BCUT2D eigenvalue weighted by atomic mass is 33.1. The van der Waals surface area contributed by atoms with Crippen LogP contribution < -0.4 is 8.80 Å². The lowest BCUT2D eigenvalue weighted by Crippen LogP contribution is -2.27. The molecule has 0 saturated heterocycles. The zero-order chi connectivity index (χ0) is 37.6. The molecule has 0 spiro atoms. The fraction of sp³-hybridized carbons (Fsp3) is 0. The summed E-state index contributed by atoms with van der Waals surface area (Å²) in [7, 11) is 3.40. The van der Waals surface area contributed by atoms with Gasteiger partial charge in [-0.3, -0.25) is 14.0 Å². The van der Waals surface area contributed by atoms with Crippen molar-refractivity contribution >= 4 is 65.7 Å². The number of hydrogen-bond donors (Lipinski definition) is 0. The summed E-state index contributed by atoms with van der Waals surface area (Å²) in [6, 6.07) is 60.8. The van der Waals surface area contributed by atoms with Gasteiger partial charge in [0.2, 0.25) is 11.5 Å². The van der Waals surface area contributed by atoms with E-state index in [-0.39, 0.29) is 11.6 Å². The number of benzene rings is 6. The van der Waals surface area contributed by atoms with Crippen LogP contribution in [0.5, 0.6) is 0 Å². The Hall–Kier alpha value is -6.60. The quantitative estimate of drug-likeness (QED) is 0.0637. The third kappa shape index (κ3) is 5.82. The van der Waals surface area contributed by atoms with Gasteiger partial charge in [-0.1, -0.05) is 173 Å². The van der Waals surface area contributed by atoms with E-state index in [4.69, 9.17) is 0 Å². The summed E-state index contributed by atoms with van der Waals surface area (Å²) in [5.41, 5.74) is 8.68. The van der Waals surface area contributed by atoms with Crippen LogP contribution in [-0.4, -0.2) is 11.6 Å². The van der Waals surface area contributed by atoms with Gasteiger partial charge in [0.1, 0.15) is 11.7 Å². The van der Waals surface area contributed by atoms with Crippen LogP contribution in [0.15, 0.2) is 204 Å². The van der Waals surface area contributed by atoms with Crippen molar-refractivity contribution in [1.29, 1.82) is 0 Å². The van der Waals surface area contributed by atoms with Crippen molar-refractivity contribution in [3.8, 4) is 22.3 Å². The van der Waals surface area contributed by atoms with E-state index in [0.29, 0.717) is 22.5 Å². The van der Waals surface area contributed by atoms with Crippen molar-refractivity contribution in [2.24, 2.45) is 0 Å². The zero-order valence-corrected chi connectivity index (χ0v) is 31.6. The van der Waals surface area contributed by atoms with Gasteiger partial charge in [0.05, 0.1) is 0 Å². The third-order valence-corrected chi connectivity index (χ3v) is 12.9. The number of ketones is 2. The van der Waals surface area contributed by atoms with Gasteiger partial charge in [0.25, 0.3) is 0 Å². The summed E-state index contributed by atoms with van der Waals surface area (Å²) in [5, 5.41) is 4.40. The van der Waals surface area contributed by atoms with Gasteiger partial charge >= 0.3 is 0 Å². The van der Waals surface area contributed by atoms with Crippen LogP contribution in [0, 0.1) is 0 Å². The minimum absolute atomic E-state index is 0.0204. The van der Waals surface area contributed by atoms with Crippen molar-refractivity contribution in [2.45, 2.75) is 9.79 Å². The Bertz CT molecular complexity index is 2920. The molecule has 0 aliphatic rings. The number of carbonyl (C=O) groups excluding carboxylic acids is 2. The maximum Gasteiger partial charge on any atom is 0.224 e. The summed E-state index contributed by atoms with van der Waals surface area (Å²) >= 11 is 0. The van der Waals surface area contributed by atoms with E-state index in [1.54, 1.807) is 21.6 Å². The lowest BCUT2D eigenvalue weighted by Gasteiger charge is -2.15. The maximum atomic E-state index is 14.1. The van der Waals surface area contributed by atoms with Crippen molar-refractivity contribution in [3.05, 3.63) is 217 Å². The molecule has 10 rings (SSSR count). The molecule has 0 unspecified atom stereocenters. The predicted octanol–water partition coefficient (Wildman–Crippen LogP) is 11.5. The highest BCUT2D eigenvalue weighted by Crippen LogP contribution is 2.47. The lowest BCUT2D eigenvalue weighted by molar-refractivity contribution is -0.510. The topological polar surface area (TPSA) is 42.3 Å². The molecule has 0 atom stereocenters. The van der Waals surface area contributed by atoms with Gasteiger partial charge < -0.3 is 0 Å². The molecular weight excluding hydrogens is 725 g/mol. The van der Waals surface area contributed by atoms with E-state index in [1.807, 2.05) is 94.0 Å². The van der Waals surface area contributed by atoms with Gasteiger partial charge in [-0.2, -0.15) is 0 Å². The molecule has 0 bridgehead atoms. The summed E-state index contributed by atoms with van der Waals surface area (Å²) in [5.74, 6) is -0.0407. The number of pyridine rings is 2.